The first-order valence-electron chi connectivity index (χ1n) is 16.1. The van der Waals surface area contributed by atoms with Crippen molar-refractivity contribution >= 4 is 79.7 Å². The number of nitrogens with one attached hydrogen (secondary N) is 2. The molecule has 2 aliphatic rings. The quantitative estimate of drug-likeness (QED) is 0.0985. The van der Waals surface area contributed by atoms with Crippen LogP contribution >= 0.6 is 0 Å². The Morgan fingerprint density at radius 3 is 0.720 bits per heavy atom. The van der Waals surface area contributed by atoms with Crippen molar-refractivity contribution in [3.63, 3.8) is 0 Å². The molecule has 5 aromatic carbocycles. The van der Waals surface area contributed by atoms with Crippen molar-refractivity contribution in [3.8, 4) is 0 Å². The summed E-state index contributed by atoms with van der Waals surface area (Å²) in [6.07, 6.45) is 15.7. The first kappa shape index (κ1) is 31.5. The van der Waals surface area contributed by atoms with E-state index in [2.05, 4.69) is 20.6 Å². The highest BCUT2D eigenvalue weighted by atomic mass is 14.9. The molecule has 6 N–H and O–H groups in total. The highest BCUT2D eigenvalue weighted by Gasteiger charge is 2.04. The molecule has 0 radical (unpaired) electrons. The van der Waals surface area contributed by atoms with Crippen molar-refractivity contribution in [2.24, 2.45) is 20.0 Å². The summed E-state index contributed by atoms with van der Waals surface area (Å²) in [7, 11) is 0. The maximum Gasteiger partial charge on any atom is 0.0638 e. The number of nitrogen functional groups attached to an aromatic ring is 2. The predicted molar refractivity (Wildman–Crippen MR) is 213 cm³/mol. The van der Waals surface area contributed by atoms with Gasteiger partial charge in [0.1, 0.15) is 0 Å². The molecule has 8 nitrogen and oxygen atoms in total. The Labute approximate surface area is 291 Å². The Morgan fingerprint density at radius 2 is 0.480 bits per heavy atom. The molecule has 50 heavy (non-hydrogen) atoms. The Hall–Kier alpha value is -7.06. The number of hydrogen-bond acceptors (Lipinski definition) is 8. The summed E-state index contributed by atoms with van der Waals surface area (Å²) in [5, 5.41) is 6.91. The fourth-order valence-corrected chi connectivity index (χ4v) is 5.11. The number of rotatable bonds is 8. The van der Waals surface area contributed by atoms with E-state index in [-0.39, 0.29) is 0 Å². The molecule has 0 spiro atoms. The van der Waals surface area contributed by atoms with Crippen molar-refractivity contribution in [2.45, 2.75) is 0 Å². The standard InChI is InChI=1S/C42H34N8/c43-29-1-5-31(6-2-29)45-33-9-13-35(14-10-33)47-37-17-21-39(22-18-37)49-41-25-27-42(28-26-41)50-40-23-19-38(20-24-40)48-36-15-11-34(12-16-36)46-32-7-3-30(44)4-8-32/h1-28,49-50H,43-44H2. The van der Waals surface area contributed by atoms with Crippen molar-refractivity contribution in [1.29, 1.82) is 0 Å². The monoisotopic (exact) mass is 650 g/mol. The van der Waals surface area contributed by atoms with E-state index in [4.69, 9.17) is 21.5 Å². The van der Waals surface area contributed by atoms with Gasteiger partial charge in [-0.3, -0.25) is 0 Å². The van der Waals surface area contributed by atoms with Crippen LogP contribution in [-0.2, 0) is 0 Å². The topological polar surface area (TPSA) is 126 Å². The molecule has 242 valence electrons. The van der Waals surface area contributed by atoms with Gasteiger partial charge in [0, 0.05) is 34.1 Å². The SMILES string of the molecule is Nc1ccc(N=C2C=CC(=Nc3ccc(Nc4ccc(Nc5ccc(N=C6C=CC(=Nc7ccc(N)cc7)C=C6)cc5)cc4)cc3)C=C2)cc1. The van der Waals surface area contributed by atoms with Gasteiger partial charge in [-0.2, -0.15) is 0 Å². The third kappa shape index (κ3) is 8.64. The lowest BCUT2D eigenvalue weighted by atomic mass is 10.1. The van der Waals surface area contributed by atoms with Crippen LogP contribution in [0, 0.1) is 0 Å². The molecule has 0 unspecified atom stereocenters. The van der Waals surface area contributed by atoms with Crippen molar-refractivity contribution < 1.29 is 0 Å². The van der Waals surface area contributed by atoms with E-state index in [1.807, 2.05) is 170 Å². The number of nitrogens with zero attached hydrogens (tertiary/aromatic N) is 4. The van der Waals surface area contributed by atoms with Gasteiger partial charge in [0.25, 0.3) is 0 Å². The zero-order chi connectivity index (χ0) is 34.1. The number of hydrogen-bond donors (Lipinski definition) is 4. The number of anilines is 6. The zero-order valence-corrected chi connectivity index (χ0v) is 27.1. The number of allylic oxidation sites excluding steroid dienone is 8. The van der Waals surface area contributed by atoms with Gasteiger partial charge in [-0.25, -0.2) is 20.0 Å². The lowest BCUT2D eigenvalue weighted by molar-refractivity contribution is 1.48. The highest BCUT2D eigenvalue weighted by Crippen LogP contribution is 2.25. The molecule has 0 saturated heterocycles. The largest absolute Gasteiger partial charge is 0.399 e. The summed E-state index contributed by atoms with van der Waals surface area (Å²) in [5.74, 6) is 0. The minimum atomic E-state index is 0.722. The van der Waals surface area contributed by atoms with Gasteiger partial charge in [-0.1, -0.05) is 0 Å². The maximum absolute atomic E-state index is 5.76. The molecular weight excluding hydrogens is 617 g/mol. The van der Waals surface area contributed by atoms with Crippen molar-refractivity contribution in [1.82, 2.24) is 0 Å². The fourth-order valence-electron chi connectivity index (χ4n) is 5.11. The molecule has 0 heterocycles. The second-order valence-electron chi connectivity index (χ2n) is 11.6. The second kappa shape index (κ2) is 14.8. The maximum atomic E-state index is 5.76. The van der Waals surface area contributed by atoms with Crippen LogP contribution in [0.4, 0.5) is 56.9 Å². The summed E-state index contributed by atoms with van der Waals surface area (Å²) < 4.78 is 0. The van der Waals surface area contributed by atoms with Crippen LogP contribution in [0.3, 0.4) is 0 Å². The Balaban J connectivity index is 0.898. The molecule has 0 amide bonds. The van der Waals surface area contributed by atoms with Gasteiger partial charge < -0.3 is 22.1 Å². The lowest BCUT2D eigenvalue weighted by Gasteiger charge is -2.10. The minimum Gasteiger partial charge on any atom is -0.399 e. The fraction of sp³-hybridized carbons (Fsp3) is 0. The normalized spacial score (nSPS) is 13.3. The first-order chi connectivity index (χ1) is 24.5. The average Bonchev–Trinajstić information content (AvgIpc) is 3.14. The molecular formula is C42H34N8. The second-order valence-corrected chi connectivity index (χ2v) is 11.6. The molecule has 8 heteroatoms. The van der Waals surface area contributed by atoms with Crippen molar-refractivity contribution in [2.75, 3.05) is 22.1 Å². The molecule has 0 aromatic heterocycles. The van der Waals surface area contributed by atoms with Gasteiger partial charge in [0.15, 0.2) is 0 Å². The minimum absolute atomic E-state index is 0.722. The van der Waals surface area contributed by atoms with E-state index < -0.39 is 0 Å². The number of aliphatic imine (C=N–C) groups is 4. The predicted octanol–water partition coefficient (Wildman–Crippen LogP) is 10.3. The van der Waals surface area contributed by atoms with E-state index >= 15 is 0 Å². The summed E-state index contributed by atoms with van der Waals surface area (Å²) in [6, 6.07) is 39.2. The average molecular weight is 651 g/mol. The Kier molecular flexibility index (Phi) is 9.33. The van der Waals surface area contributed by atoms with Gasteiger partial charge in [0.05, 0.1) is 45.6 Å². The van der Waals surface area contributed by atoms with Gasteiger partial charge in [-0.15, -0.1) is 0 Å². The molecule has 0 atom stereocenters. The first-order valence-corrected chi connectivity index (χ1v) is 16.1. The molecule has 0 aliphatic heterocycles. The molecule has 0 fully saturated rings. The zero-order valence-electron chi connectivity index (χ0n) is 27.1. The van der Waals surface area contributed by atoms with Crippen molar-refractivity contribution in [3.05, 3.63) is 170 Å². The van der Waals surface area contributed by atoms with Crippen LogP contribution in [0.2, 0.25) is 0 Å². The van der Waals surface area contributed by atoms with Crippen LogP contribution in [0.25, 0.3) is 0 Å². The summed E-state index contributed by atoms with van der Waals surface area (Å²) >= 11 is 0. The third-order valence-corrected chi connectivity index (χ3v) is 7.72. The molecule has 7 rings (SSSR count). The summed E-state index contributed by atoms with van der Waals surface area (Å²) in [4.78, 5) is 18.7. The van der Waals surface area contributed by atoms with Crippen LogP contribution in [0.5, 0.6) is 0 Å². The van der Waals surface area contributed by atoms with E-state index in [0.29, 0.717) is 0 Å². The highest BCUT2D eigenvalue weighted by molar-refractivity contribution is 6.20. The lowest BCUT2D eigenvalue weighted by Crippen LogP contribution is -1.99. The Bertz CT molecular complexity index is 2020. The van der Waals surface area contributed by atoms with Gasteiger partial charge in [0.2, 0.25) is 0 Å². The van der Waals surface area contributed by atoms with Crippen LogP contribution in [0.15, 0.2) is 190 Å². The number of nitrogens with two attached hydrogens (primary N) is 2. The van der Waals surface area contributed by atoms with Gasteiger partial charge >= 0.3 is 0 Å². The summed E-state index contributed by atoms with van der Waals surface area (Å²) in [6.45, 7) is 0. The summed E-state index contributed by atoms with van der Waals surface area (Å²) in [5.41, 5.74) is 23.8. The van der Waals surface area contributed by atoms with Crippen LogP contribution in [-0.4, -0.2) is 22.8 Å². The van der Waals surface area contributed by atoms with E-state index in [9.17, 15) is 0 Å². The van der Waals surface area contributed by atoms with Crippen LogP contribution < -0.4 is 22.1 Å². The smallest absolute Gasteiger partial charge is 0.0638 e. The third-order valence-electron chi connectivity index (χ3n) is 7.72. The molecule has 0 bridgehead atoms. The van der Waals surface area contributed by atoms with Gasteiger partial charge in [-0.05, 0) is 170 Å². The molecule has 2 aliphatic carbocycles. The van der Waals surface area contributed by atoms with E-state index in [1.54, 1.807) is 0 Å². The number of benzene rings is 5. The molecule has 0 saturated carbocycles. The van der Waals surface area contributed by atoms with Crippen LogP contribution in [0.1, 0.15) is 0 Å². The molecule has 5 aromatic rings. The Morgan fingerprint density at radius 1 is 0.280 bits per heavy atom. The van der Waals surface area contributed by atoms with E-state index in [0.717, 1.165) is 79.7 Å². The van der Waals surface area contributed by atoms with E-state index in [1.165, 1.54) is 0 Å².